The van der Waals surface area contributed by atoms with Crippen molar-refractivity contribution in [2.24, 2.45) is 17.8 Å². The van der Waals surface area contributed by atoms with E-state index in [1.165, 1.54) is 19.3 Å². The summed E-state index contributed by atoms with van der Waals surface area (Å²) in [4.78, 5) is 0. The van der Waals surface area contributed by atoms with Gasteiger partial charge in [0.05, 0.1) is 12.7 Å². The van der Waals surface area contributed by atoms with Crippen LogP contribution in [0.15, 0.2) is 12.2 Å². The van der Waals surface area contributed by atoms with Gasteiger partial charge >= 0.3 is 0 Å². The molecule has 1 saturated carbocycles. The van der Waals surface area contributed by atoms with Crippen LogP contribution in [0.4, 0.5) is 0 Å². The molecule has 0 bridgehead atoms. The number of ether oxygens (including phenoxy) is 1. The van der Waals surface area contributed by atoms with Crippen molar-refractivity contribution in [1.82, 2.24) is 5.32 Å². The molecule has 1 aliphatic carbocycles. The predicted molar refractivity (Wildman–Crippen MR) is 83.4 cm³/mol. The molecule has 2 nitrogen and oxygen atoms in total. The van der Waals surface area contributed by atoms with Gasteiger partial charge in [0.2, 0.25) is 0 Å². The van der Waals surface area contributed by atoms with Gasteiger partial charge in [0.15, 0.2) is 0 Å². The van der Waals surface area contributed by atoms with Crippen molar-refractivity contribution in [3.8, 4) is 0 Å². The zero-order valence-corrected chi connectivity index (χ0v) is 13.5. The molecule has 0 saturated heterocycles. The fourth-order valence-electron chi connectivity index (χ4n) is 2.93. The highest BCUT2D eigenvalue weighted by atomic mass is 16.5. The second-order valence-electron chi connectivity index (χ2n) is 6.96. The normalized spacial score (nSPS) is 28.1. The predicted octanol–water partition coefficient (Wildman–Crippen LogP) is 4.02. The molecule has 3 atom stereocenters. The molecule has 0 aliphatic heterocycles. The summed E-state index contributed by atoms with van der Waals surface area (Å²) in [7, 11) is 0. The standard InChI is InChI=1S/C17H33NO/c1-12(2)16-8-7-14(5)9-17(16)19-11-15(6)10-18-13(3)4/h12-14,16-18H,6-11H2,1-5H3. The maximum absolute atomic E-state index is 6.18. The summed E-state index contributed by atoms with van der Waals surface area (Å²) in [6.07, 6.45) is 4.33. The fourth-order valence-corrected chi connectivity index (χ4v) is 2.93. The minimum Gasteiger partial charge on any atom is -0.374 e. The van der Waals surface area contributed by atoms with Gasteiger partial charge in [-0.25, -0.2) is 0 Å². The third kappa shape index (κ3) is 6.09. The lowest BCUT2D eigenvalue weighted by Gasteiger charge is -2.37. The minimum absolute atomic E-state index is 0.430. The zero-order chi connectivity index (χ0) is 14.4. The Morgan fingerprint density at radius 2 is 1.95 bits per heavy atom. The lowest BCUT2D eigenvalue weighted by Crippen LogP contribution is -2.35. The first-order chi connectivity index (χ1) is 8.90. The van der Waals surface area contributed by atoms with E-state index in [1.807, 2.05) is 0 Å². The van der Waals surface area contributed by atoms with Crippen molar-refractivity contribution >= 4 is 0 Å². The maximum Gasteiger partial charge on any atom is 0.0690 e. The monoisotopic (exact) mass is 267 g/mol. The highest BCUT2D eigenvalue weighted by Crippen LogP contribution is 2.35. The molecule has 1 aliphatic rings. The Hall–Kier alpha value is -0.340. The van der Waals surface area contributed by atoms with E-state index in [-0.39, 0.29) is 0 Å². The molecule has 0 spiro atoms. The summed E-state index contributed by atoms with van der Waals surface area (Å²) >= 11 is 0. The highest BCUT2D eigenvalue weighted by Gasteiger charge is 2.31. The lowest BCUT2D eigenvalue weighted by atomic mass is 9.75. The number of nitrogens with one attached hydrogen (secondary N) is 1. The third-order valence-corrected chi connectivity index (χ3v) is 4.22. The molecule has 1 N–H and O–H groups in total. The molecule has 2 heteroatoms. The first-order valence-corrected chi connectivity index (χ1v) is 7.91. The van der Waals surface area contributed by atoms with Crippen LogP contribution in [0, 0.1) is 17.8 Å². The average Bonchev–Trinajstić information content (AvgIpc) is 2.33. The third-order valence-electron chi connectivity index (χ3n) is 4.22. The maximum atomic E-state index is 6.18. The van der Waals surface area contributed by atoms with Crippen molar-refractivity contribution in [3.05, 3.63) is 12.2 Å². The van der Waals surface area contributed by atoms with Crippen LogP contribution in [-0.2, 0) is 4.74 Å². The summed E-state index contributed by atoms with van der Waals surface area (Å²) in [6, 6.07) is 0.509. The van der Waals surface area contributed by atoms with Crippen molar-refractivity contribution in [2.75, 3.05) is 13.2 Å². The van der Waals surface area contributed by atoms with Crippen LogP contribution in [0.3, 0.4) is 0 Å². The molecule has 0 aromatic rings. The molecule has 0 amide bonds. The number of rotatable bonds is 7. The van der Waals surface area contributed by atoms with Gasteiger partial charge < -0.3 is 10.1 Å². The van der Waals surface area contributed by atoms with Crippen LogP contribution >= 0.6 is 0 Å². The van der Waals surface area contributed by atoms with E-state index >= 15 is 0 Å². The molecule has 19 heavy (non-hydrogen) atoms. The van der Waals surface area contributed by atoms with Gasteiger partial charge in [-0.3, -0.25) is 0 Å². The van der Waals surface area contributed by atoms with E-state index in [2.05, 4.69) is 46.5 Å². The topological polar surface area (TPSA) is 21.3 Å². The summed E-state index contributed by atoms with van der Waals surface area (Å²) in [5.74, 6) is 2.25. The van der Waals surface area contributed by atoms with Gasteiger partial charge in [0.25, 0.3) is 0 Å². The highest BCUT2D eigenvalue weighted by molar-refractivity contribution is 4.98. The van der Waals surface area contributed by atoms with Crippen LogP contribution in [0.2, 0.25) is 0 Å². The molecule has 0 heterocycles. The Balaban J connectivity index is 2.37. The van der Waals surface area contributed by atoms with Crippen LogP contribution < -0.4 is 5.32 Å². The summed E-state index contributed by atoms with van der Waals surface area (Å²) in [5.41, 5.74) is 1.16. The largest absolute Gasteiger partial charge is 0.374 e. The summed E-state index contributed by atoms with van der Waals surface area (Å²) in [6.45, 7) is 17.0. The van der Waals surface area contributed by atoms with Gasteiger partial charge in [-0.15, -0.1) is 0 Å². The molecule has 0 aromatic heterocycles. The Bertz CT molecular complexity index is 272. The van der Waals surface area contributed by atoms with Crippen molar-refractivity contribution in [3.63, 3.8) is 0 Å². The molecule has 3 unspecified atom stereocenters. The Morgan fingerprint density at radius 1 is 1.26 bits per heavy atom. The quantitative estimate of drug-likeness (QED) is 0.704. The summed E-state index contributed by atoms with van der Waals surface area (Å²) in [5, 5.41) is 3.40. The Labute approximate surface area is 120 Å². The Morgan fingerprint density at radius 3 is 2.53 bits per heavy atom. The Kier molecular flexibility index (Phi) is 7.09. The second-order valence-corrected chi connectivity index (χ2v) is 6.96. The smallest absolute Gasteiger partial charge is 0.0690 e. The van der Waals surface area contributed by atoms with Gasteiger partial charge in [-0.05, 0) is 36.2 Å². The van der Waals surface area contributed by atoms with E-state index in [0.29, 0.717) is 18.8 Å². The van der Waals surface area contributed by atoms with E-state index < -0.39 is 0 Å². The van der Waals surface area contributed by atoms with Gasteiger partial charge in [0.1, 0.15) is 0 Å². The molecular weight excluding hydrogens is 234 g/mol. The minimum atomic E-state index is 0.430. The van der Waals surface area contributed by atoms with Gasteiger partial charge in [-0.2, -0.15) is 0 Å². The zero-order valence-electron chi connectivity index (χ0n) is 13.5. The van der Waals surface area contributed by atoms with Crippen molar-refractivity contribution in [1.29, 1.82) is 0 Å². The van der Waals surface area contributed by atoms with Crippen LogP contribution in [0.1, 0.15) is 53.9 Å². The first-order valence-electron chi connectivity index (χ1n) is 7.91. The van der Waals surface area contributed by atoms with Crippen LogP contribution in [0.25, 0.3) is 0 Å². The molecule has 0 radical (unpaired) electrons. The van der Waals surface area contributed by atoms with E-state index in [9.17, 15) is 0 Å². The molecule has 1 rings (SSSR count). The second kappa shape index (κ2) is 8.06. The fraction of sp³-hybridized carbons (Fsp3) is 0.882. The van der Waals surface area contributed by atoms with Gasteiger partial charge in [0, 0.05) is 12.6 Å². The van der Waals surface area contributed by atoms with E-state index in [0.717, 1.165) is 29.9 Å². The molecule has 1 fully saturated rings. The van der Waals surface area contributed by atoms with E-state index in [4.69, 9.17) is 4.74 Å². The number of hydrogen-bond donors (Lipinski definition) is 1. The number of hydrogen-bond acceptors (Lipinski definition) is 2. The lowest BCUT2D eigenvalue weighted by molar-refractivity contribution is -0.0290. The van der Waals surface area contributed by atoms with Crippen LogP contribution in [0.5, 0.6) is 0 Å². The summed E-state index contributed by atoms with van der Waals surface area (Å²) < 4.78 is 6.18. The van der Waals surface area contributed by atoms with Crippen LogP contribution in [-0.4, -0.2) is 25.3 Å². The molecule has 0 aromatic carbocycles. The average molecular weight is 267 g/mol. The van der Waals surface area contributed by atoms with Gasteiger partial charge in [-0.1, -0.05) is 47.6 Å². The molecule has 112 valence electrons. The SMILES string of the molecule is C=C(CNC(C)C)COC1CC(C)CCC1C(C)C. The van der Waals surface area contributed by atoms with Crippen molar-refractivity contribution in [2.45, 2.75) is 66.0 Å². The van der Waals surface area contributed by atoms with E-state index in [1.54, 1.807) is 0 Å². The van der Waals surface area contributed by atoms with Crippen molar-refractivity contribution < 1.29 is 4.74 Å². The first kappa shape index (κ1) is 16.7. The molecular formula is C17H33NO.